The predicted molar refractivity (Wildman–Crippen MR) is 85.9 cm³/mol. The first-order valence-corrected chi connectivity index (χ1v) is 7.61. The number of ether oxygens (including phenoxy) is 1. The number of rotatable bonds is 8. The van der Waals surface area contributed by atoms with E-state index in [2.05, 4.69) is 0 Å². The van der Waals surface area contributed by atoms with Crippen LogP contribution in [0.1, 0.15) is 18.4 Å². The van der Waals surface area contributed by atoms with Gasteiger partial charge in [-0.1, -0.05) is 29.8 Å². The topological polar surface area (TPSA) is 31.2 Å². The highest BCUT2D eigenvalue weighted by Crippen LogP contribution is 2.10. The molecule has 0 amide bonds. The minimum Gasteiger partial charge on any atom is -0.381 e. The van der Waals surface area contributed by atoms with Crippen LogP contribution < -0.4 is 5.56 Å². The van der Waals surface area contributed by atoms with E-state index in [0.717, 1.165) is 30.9 Å². The molecular formula is C17H20ClNO2. The van der Waals surface area contributed by atoms with E-state index in [0.29, 0.717) is 13.2 Å². The summed E-state index contributed by atoms with van der Waals surface area (Å²) in [6.07, 6.45) is 4.65. The van der Waals surface area contributed by atoms with Gasteiger partial charge in [-0.3, -0.25) is 4.79 Å². The van der Waals surface area contributed by atoms with Gasteiger partial charge in [0.05, 0.1) is 0 Å². The van der Waals surface area contributed by atoms with Crippen LogP contribution in [0.15, 0.2) is 53.5 Å². The van der Waals surface area contributed by atoms with Crippen LogP contribution in [-0.4, -0.2) is 17.8 Å². The molecule has 0 aliphatic carbocycles. The van der Waals surface area contributed by atoms with Gasteiger partial charge in [0.25, 0.3) is 0 Å². The van der Waals surface area contributed by atoms with Gasteiger partial charge in [0, 0.05) is 37.0 Å². The van der Waals surface area contributed by atoms with Crippen LogP contribution >= 0.6 is 11.6 Å². The maximum Gasteiger partial charge on any atom is 0.250 e. The van der Waals surface area contributed by atoms with Crippen molar-refractivity contribution in [2.45, 2.75) is 25.8 Å². The molecule has 4 heteroatoms. The average Bonchev–Trinajstić information content (AvgIpc) is 2.50. The van der Waals surface area contributed by atoms with Gasteiger partial charge in [0.2, 0.25) is 5.56 Å². The molecule has 0 radical (unpaired) electrons. The second-order valence-electron chi connectivity index (χ2n) is 4.93. The monoisotopic (exact) mass is 305 g/mol. The molecule has 0 atom stereocenters. The van der Waals surface area contributed by atoms with Gasteiger partial charge in [-0.2, -0.15) is 0 Å². The lowest BCUT2D eigenvalue weighted by Crippen LogP contribution is -2.18. The fourth-order valence-electron chi connectivity index (χ4n) is 2.11. The van der Waals surface area contributed by atoms with Crippen LogP contribution in [-0.2, 0) is 17.7 Å². The Morgan fingerprint density at radius 2 is 1.76 bits per heavy atom. The normalized spacial score (nSPS) is 10.7. The lowest BCUT2D eigenvalue weighted by Gasteiger charge is -2.06. The molecule has 1 heterocycles. The van der Waals surface area contributed by atoms with E-state index >= 15 is 0 Å². The fourth-order valence-corrected chi connectivity index (χ4v) is 2.24. The molecule has 112 valence electrons. The Morgan fingerprint density at radius 3 is 2.52 bits per heavy atom. The predicted octanol–water partition coefficient (Wildman–Crippen LogP) is 3.54. The van der Waals surface area contributed by atoms with Crippen molar-refractivity contribution in [3.8, 4) is 0 Å². The molecule has 0 spiro atoms. The third-order valence-electron chi connectivity index (χ3n) is 3.25. The second kappa shape index (κ2) is 8.65. The van der Waals surface area contributed by atoms with Crippen molar-refractivity contribution in [1.29, 1.82) is 0 Å². The molecule has 0 unspecified atom stereocenters. The Labute approximate surface area is 130 Å². The van der Waals surface area contributed by atoms with Crippen LogP contribution in [0.3, 0.4) is 0 Å². The Morgan fingerprint density at radius 1 is 1.00 bits per heavy atom. The van der Waals surface area contributed by atoms with Crippen molar-refractivity contribution in [3.63, 3.8) is 0 Å². The molecule has 0 N–H and O–H groups in total. The highest BCUT2D eigenvalue weighted by Gasteiger charge is 1.96. The lowest BCUT2D eigenvalue weighted by atomic mass is 10.1. The van der Waals surface area contributed by atoms with E-state index in [1.165, 1.54) is 5.56 Å². The Bertz CT molecular complexity index is 592. The number of benzene rings is 1. The summed E-state index contributed by atoms with van der Waals surface area (Å²) in [6.45, 7) is 2.13. The molecule has 3 nitrogen and oxygen atoms in total. The van der Waals surface area contributed by atoms with Crippen molar-refractivity contribution in [3.05, 3.63) is 69.6 Å². The maximum absolute atomic E-state index is 11.5. The van der Waals surface area contributed by atoms with Crippen molar-refractivity contribution >= 4 is 11.6 Å². The largest absolute Gasteiger partial charge is 0.381 e. The van der Waals surface area contributed by atoms with E-state index in [1.807, 2.05) is 36.5 Å². The molecule has 0 fully saturated rings. The zero-order valence-electron chi connectivity index (χ0n) is 12.0. The third-order valence-corrected chi connectivity index (χ3v) is 3.51. The van der Waals surface area contributed by atoms with Crippen LogP contribution in [0.4, 0.5) is 0 Å². The first kappa shape index (κ1) is 15.8. The molecule has 0 bridgehead atoms. The summed E-state index contributed by atoms with van der Waals surface area (Å²) in [5.74, 6) is 0. The molecule has 0 aliphatic heterocycles. The van der Waals surface area contributed by atoms with Crippen LogP contribution in [0.25, 0.3) is 0 Å². The molecule has 0 aliphatic rings. The van der Waals surface area contributed by atoms with Crippen molar-refractivity contribution in [2.24, 2.45) is 0 Å². The van der Waals surface area contributed by atoms with Gasteiger partial charge >= 0.3 is 0 Å². The van der Waals surface area contributed by atoms with E-state index in [-0.39, 0.29) is 5.56 Å². The molecule has 2 aromatic rings. The Balaban J connectivity index is 1.55. The number of nitrogens with zero attached hydrogens (tertiary/aromatic N) is 1. The van der Waals surface area contributed by atoms with E-state index < -0.39 is 0 Å². The van der Waals surface area contributed by atoms with Gasteiger partial charge in [-0.05, 0) is 43.0 Å². The summed E-state index contributed by atoms with van der Waals surface area (Å²) in [5, 5.41) is 0.770. The number of hydrogen-bond donors (Lipinski definition) is 0. The molecule has 0 saturated heterocycles. The minimum absolute atomic E-state index is 0.0419. The van der Waals surface area contributed by atoms with Crippen LogP contribution in [0, 0.1) is 0 Å². The van der Waals surface area contributed by atoms with Crippen LogP contribution in [0.2, 0.25) is 5.02 Å². The summed E-state index contributed by atoms with van der Waals surface area (Å²) < 4.78 is 7.30. The number of halogens is 1. The molecule has 1 aromatic carbocycles. The van der Waals surface area contributed by atoms with E-state index in [4.69, 9.17) is 16.3 Å². The molecule has 1 aromatic heterocycles. The summed E-state index contributed by atoms with van der Waals surface area (Å²) in [7, 11) is 0. The average molecular weight is 306 g/mol. The maximum atomic E-state index is 11.5. The molecule has 21 heavy (non-hydrogen) atoms. The van der Waals surface area contributed by atoms with Gasteiger partial charge < -0.3 is 9.30 Å². The fraction of sp³-hybridized carbons (Fsp3) is 0.353. The number of aryl methyl sites for hydroxylation is 2. The smallest absolute Gasteiger partial charge is 0.250 e. The number of hydrogen-bond acceptors (Lipinski definition) is 2. The lowest BCUT2D eigenvalue weighted by molar-refractivity contribution is 0.126. The first-order valence-electron chi connectivity index (χ1n) is 7.23. The summed E-state index contributed by atoms with van der Waals surface area (Å²) in [6, 6.07) is 13.1. The summed E-state index contributed by atoms with van der Waals surface area (Å²) in [4.78, 5) is 11.5. The quantitative estimate of drug-likeness (QED) is 0.699. The third kappa shape index (κ3) is 5.74. The highest BCUT2D eigenvalue weighted by atomic mass is 35.5. The molecule has 0 saturated carbocycles. The first-order chi connectivity index (χ1) is 10.3. The van der Waals surface area contributed by atoms with E-state index in [9.17, 15) is 4.79 Å². The van der Waals surface area contributed by atoms with Gasteiger partial charge in [0.15, 0.2) is 0 Å². The summed E-state index contributed by atoms with van der Waals surface area (Å²) in [5.41, 5.74) is 1.32. The van der Waals surface area contributed by atoms with Crippen LogP contribution in [0.5, 0.6) is 0 Å². The number of aromatic nitrogens is 1. The van der Waals surface area contributed by atoms with E-state index in [1.54, 1.807) is 16.7 Å². The zero-order chi connectivity index (χ0) is 14.9. The summed E-state index contributed by atoms with van der Waals surface area (Å²) >= 11 is 5.84. The molecular weight excluding hydrogens is 286 g/mol. The van der Waals surface area contributed by atoms with Gasteiger partial charge in [-0.25, -0.2) is 0 Å². The van der Waals surface area contributed by atoms with Gasteiger partial charge in [-0.15, -0.1) is 0 Å². The second-order valence-corrected chi connectivity index (χ2v) is 5.36. The van der Waals surface area contributed by atoms with Crippen molar-refractivity contribution < 1.29 is 4.74 Å². The zero-order valence-corrected chi connectivity index (χ0v) is 12.8. The van der Waals surface area contributed by atoms with Gasteiger partial charge in [0.1, 0.15) is 0 Å². The standard InChI is InChI=1S/C17H20ClNO2/c18-16-9-7-15(8-10-16)5-3-13-21-14-4-12-19-11-2-1-6-17(19)20/h1-2,6-11H,3-5,12-14H2. The number of pyridine rings is 1. The Kier molecular flexibility index (Phi) is 6.51. The SMILES string of the molecule is O=c1ccccn1CCCOCCCc1ccc(Cl)cc1. The minimum atomic E-state index is 0.0419. The molecule has 2 rings (SSSR count). The highest BCUT2D eigenvalue weighted by molar-refractivity contribution is 6.30. The van der Waals surface area contributed by atoms with Crippen molar-refractivity contribution in [2.75, 3.05) is 13.2 Å². The van der Waals surface area contributed by atoms with Crippen molar-refractivity contribution in [1.82, 2.24) is 4.57 Å². The Hall–Kier alpha value is -1.58.